The van der Waals surface area contributed by atoms with E-state index in [1.165, 1.54) is 21.5 Å². The van der Waals surface area contributed by atoms with Crippen molar-refractivity contribution in [1.29, 1.82) is 0 Å². The molecule has 7 rings (SSSR count). The Morgan fingerprint density at radius 3 is 1.48 bits per heavy atom. The van der Waals surface area contributed by atoms with Crippen molar-refractivity contribution in [2.24, 2.45) is 0 Å². The highest BCUT2D eigenvalue weighted by Crippen LogP contribution is 2.33. The minimum atomic E-state index is -0.371. The Morgan fingerprint density at radius 2 is 0.932 bits per heavy atom. The molecule has 2 aromatic heterocycles. The van der Waals surface area contributed by atoms with Gasteiger partial charge < -0.3 is 0 Å². The number of nitrogens with zero attached hydrogens (tertiary/aromatic N) is 8. The first kappa shape index (κ1) is 28.9. The summed E-state index contributed by atoms with van der Waals surface area (Å²) in [5, 5.41) is 23.4. The number of hydrogen-bond acceptors (Lipinski definition) is 6. The van der Waals surface area contributed by atoms with Crippen molar-refractivity contribution < 1.29 is 8.78 Å². The van der Waals surface area contributed by atoms with E-state index in [4.69, 9.17) is 0 Å². The third-order valence-corrected chi connectivity index (χ3v) is 7.76. The van der Waals surface area contributed by atoms with Crippen molar-refractivity contribution in [3.63, 3.8) is 0 Å². The number of aryl methyl sites for hydroxylation is 1. The van der Waals surface area contributed by atoms with Crippen LogP contribution in [0.15, 0.2) is 121 Å². The summed E-state index contributed by atoms with van der Waals surface area (Å²) in [5.41, 5.74) is 5.64. The lowest BCUT2D eigenvalue weighted by molar-refractivity contribution is 0.607. The van der Waals surface area contributed by atoms with Crippen LogP contribution in [0.4, 0.5) is 8.78 Å². The maximum atomic E-state index is 14.2. The summed E-state index contributed by atoms with van der Waals surface area (Å²) < 4.78 is 31.9. The van der Waals surface area contributed by atoms with Crippen LogP contribution in [0, 0.1) is 22.1 Å². The molecule has 0 aliphatic heterocycles. The van der Waals surface area contributed by atoms with Gasteiger partial charge in [0.15, 0.2) is 11.6 Å². The zero-order chi connectivity index (χ0) is 30.5. The zero-order valence-corrected chi connectivity index (χ0v) is 25.4. The average Bonchev–Trinajstić information content (AvgIpc) is 3.73. The number of rotatable bonds is 5. The molecule has 0 saturated heterocycles. The standard InChI is InChI=1S/C20H15FN4.C13H8FIN4/c1-14-8-2-3-9-15(14)16-10-4-5-11-17(16)20-22-23-24-25(20)19-13-7-6-12-18(19)21;14-10-6-2-4-8-12(10)19-13(16-17-18-19)9-5-1-3-7-11(9)15/h2-13H,1H3;1-8H. The Hall–Kier alpha value is -5.17. The zero-order valence-electron chi connectivity index (χ0n) is 23.3. The molecule has 0 radical (unpaired) electrons. The third-order valence-electron chi connectivity index (χ3n) is 6.82. The van der Waals surface area contributed by atoms with Gasteiger partial charge in [-0.2, -0.15) is 9.36 Å². The highest BCUT2D eigenvalue weighted by molar-refractivity contribution is 14.1. The molecule has 5 aromatic carbocycles. The summed E-state index contributed by atoms with van der Waals surface area (Å²) in [6.07, 6.45) is 0. The largest absolute Gasteiger partial charge is 0.205 e. The van der Waals surface area contributed by atoms with Gasteiger partial charge in [0, 0.05) is 14.7 Å². The molecule has 0 N–H and O–H groups in total. The van der Waals surface area contributed by atoms with Crippen LogP contribution in [0.25, 0.3) is 45.3 Å². The molecule has 0 unspecified atom stereocenters. The molecule has 0 bridgehead atoms. The molecule has 0 saturated carbocycles. The summed E-state index contributed by atoms with van der Waals surface area (Å²) in [7, 11) is 0. The molecule has 0 atom stereocenters. The molecule has 0 fully saturated rings. The predicted molar refractivity (Wildman–Crippen MR) is 172 cm³/mol. The number of aromatic nitrogens is 8. The molecule has 0 amide bonds. The van der Waals surface area contributed by atoms with Gasteiger partial charge in [0.25, 0.3) is 0 Å². The lowest BCUT2D eigenvalue weighted by atomic mass is 9.95. The molecule has 0 aliphatic rings. The lowest BCUT2D eigenvalue weighted by Crippen LogP contribution is -2.03. The topological polar surface area (TPSA) is 87.2 Å². The number of benzene rings is 5. The third kappa shape index (κ3) is 5.86. The van der Waals surface area contributed by atoms with E-state index in [2.05, 4.69) is 72.7 Å². The van der Waals surface area contributed by atoms with E-state index >= 15 is 0 Å². The second-order valence-corrected chi connectivity index (χ2v) is 10.7. The molecule has 8 nitrogen and oxygen atoms in total. The maximum Gasteiger partial charge on any atom is 0.188 e. The summed E-state index contributed by atoms with van der Waals surface area (Å²) in [6.45, 7) is 2.06. The van der Waals surface area contributed by atoms with Crippen LogP contribution < -0.4 is 0 Å². The van der Waals surface area contributed by atoms with E-state index in [0.717, 1.165) is 31.4 Å². The summed E-state index contributed by atoms with van der Waals surface area (Å²) in [4.78, 5) is 0. The van der Waals surface area contributed by atoms with Gasteiger partial charge in [-0.1, -0.05) is 91.0 Å². The highest BCUT2D eigenvalue weighted by Gasteiger charge is 2.18. The van der Waals surface area contributed by atoms with Crippen molar-refractivity contribution in [2.45, 2.75) is 6.92 Å². The van der Waals surface area contributed by atoms with Gasteiger partial charge in [0.05, 0.1) is 0 Å². The molecular formula is C33H23F2IN8. The van der Waals surface area contributed by atoms with E-state index in [1.54, 1.807) is 36.4 Å². The minimum absolute atomic E-state index is 0.321. The van der Waals surface area contributed by atoms with Gasteiger partial charge in [-0.05, 0) is 97.4 Å². The second kappa shape index (κ2) is 13.0. The van der Waals surface area contributed by atoms with Crippen molar-refractivity contribution in [3.05, 3.63) is 142 Å². The Bertz CT molecular complexity index is 2000. The van der Waals surface area contributed by atoms with Gasteiger partial charge >= 0.3 is 0 Å². The SMILES string of the molecule is Cc1ccccc1-c1ccccc1-c1nnnn1-c1ccccc1F.Fc1ccccc1-n1nnnc1-c1ccccc1I. The predicted octanol–water partition coefficient (Wildman–Crippen LogP) is 7.52. The van der Waals surface area contributed by atoms with Crippen LogP contribution >= 0.6 is 22.6 Å². The fraction of sp³-hybridized carbons (Fsp3) is 0.0303. The van der Waals surface area contributed by atoms with Crippen LogP contribution in [0.3, 0.4) is 0 Å². The minimum Gasteiger partial charge on any atom is -0.205 e. The van der Waals surface area contributed by atoms with Gasteiger partial charge in [-0.15, -0.1) is 10.2 Å². The Balaban J connectivity index is 0.000000162. The van der Waals surface area contributed by atoms with Crippen LogP contribution in [0.5, 0.6) is 0 Å². The van der Waals surface area contributed by atoms with Crippen LogP contribution in [0.2, 0.25) is 0 Å². The first-order valence-corrected chi connectivity index (χ1v) is 14.6. The smallest absolute Gasteiger partial charge is 0.188 e. The number of halogens is 3. The van der Waals surface area contributed by atoms with Crippen molar-refractivity contribution in [3.8, 4) is 45.3 Å². The van der Waals surface area contributed by atoms with Crippen molar-refractivity contribution in [2.75, 3.05) is 0 Å². The summed E-state index contributed by atoms with van der Waals surface area (Å²) >= 11 is 2.20. The number of hydrogen-bond donors (Lipinski definition) is 0. The van der Waals surface area contributed by atoms with Crippen LogP contribution in [-0.4, -0.2) is 40.4 Å². The Kier molecular flexibility index (Phi) is 8.55. The molecule has 44 heavy (non-hydrogen) atoms. The number of tetrazole rings is 2. The Labute approximate surface area is 265 Å². The van der Waals surface area contributed by atoms with Crippen LogP contribution in [-0.2, 0) is 0 Å². The molecule has 7 aromatic rings. The van der Waals surface area contributed by atoms with Gasteiger partial charge in [0.1, 0.15) is 23.0 Å². The van der Waals surface area contributed by atoms with Crippen molar-refractivity contribution in [1.82, 2.24) is 40.4 Å². The van der Waals surface area contributed by atoms with Crippen molar-refractivity contribution >= 4 is 22.6 Å². The Morgan fingerprint density at radius 1 is 0.500 bits per heavy atom. The highest BCUT2D eigenvalue weighted by atomic mass is 127. The fourth-order valence-electron chi connectivity index (χ4n) is 4.71. The first-order valence-electron chi connectivity index (χ1n) is 13.5. The molecule has 0 aliphatic carbocycles. The lowest BCUT2D eigenvalue weighted by Gasteiger charge is -2.12. The van der Waals surface area contributed by atoms with E-state index < -0.39 is 0 Å². The van der Waals surface area contributed by atoms with Gasteiger partial charge in [-0.3, -0.25) is 0 Å². The summed E-state index contributed by atoms with van der Waals surface area (Å²) in [6, 6.07) is 36.6. The van der Waals surface area contributed by atoms with Gasteiger partial charge in [-0.25, -0.2) is 8.78 Å². The van der Waals surface area contributed by atoms with E-state index in [9.17, 15) is 8.78 Å². The van der Waals surface area contributed by atoms with E-state index in [1.807, 2.05) is 60.7 Å². The molecular weight excluding hydrogens is 673 g/mol. The fourth-order valence-corrected chi connectivity index (χ4v) is 5.34. The second-order valence-electron chi connectivity index (χ2n) is 9.57. The number of para-hydroxylation sites is 2. The van der Waals surface area contributed by atoms with E-state index in [-0.39, 0.29) is 11.6 Å². The quantitative estimate of drug-likeness (QED) is 0.173. The maximum absolute atomic E-state index is 14.2. The first-order chi connectivity index (χ1) is 21.5. The molecule has 0 spiro atoms. The van der Waals surface area contributed by atoms with Crippen LogP contribution in [0.1, 0.15) is 5.56 Å². The average molecular weight is 697 g/mol. The molecule has 216 valence electrons. The van der Waals surface area contributed by atoms with Gasteiger partial charge in [0.2, 0.25) is 0 Å². The molecule has 11 heteroatoms. The van der Waals surface area contributed by atoms with E-state index in [0.29, 0.717) is 23.0 Å². The summed E-state index contributed by atoms with van der Waals surface area (Å²) in [5.74, 6) is 0.297. The monoisotopic (exact) mass is 696 g/mol. The molecule has 2 heterocycles. The normalized spacial score (nSPS) is 10.7.